The summed E-state index contributed by atoms with van der Waals surface area (Å²) in [5.74, 6) is 1.54. The average Bonchev–Trinajstić information content (AvgIpc) is 3.33. The molecule has 152 valence electrons. The number of anilines is 1. The number of aryl methyl sites for hydroxylation is 1. The number of halogens is 1. The molecule has 0 atom stereocenters. The smallest absolute Gasteiger partial charge is 0.234 e. The van der Waals surface area contributed by atoms with Gasteiger partial charge in [0.05, 0.1) is 24.1 Å². The van der Waals surface area contributed by atoms with E-state index in [1.165, 1.54) is 11.8 Å². The Morgan fingerprint density at radius 3 is 2.70 bits per heavy atom. The van der Waals surface area contributed by atoms with Gasteiger partial charge in [-0.1, -0.05) is 59.8 Å². The van der Waals surface area contributed by atoms with E-state index in [0.717, 1.165) is 16.9 Å². The first-order valence-corrected chi connectivity index (χ1v) is 10.7. The van der Waals surface area contributed by atoms with Crippen molar-refractivity contribution >= 4 is 35.0 Å². The highest BCUT2D eigenvalue weighted by Crippen LogP contribution is 2.28. The number of carbonyl (C=O) groups excluding carboxylic acids is 1. The molecule has 0 radical (unpaired) electrons. The number of carbonyl (C=O) groups is 1. The van der Waals surface area contributed by atoms with Gasteiger partial charge in [-0.15, -0.1) is 10.2 Å². The molecule has 4 aromatic rings. The van der Waals surface area contributed by atoms with Crippen molar-refractivity contribution < 1.29 is 9.21 Å². The molecule has 6 nitrogen and oxygen atoms in total. The summed E-state index contributed by atoms with van der Waals surface area (Å²) in [5.41, 5.74) is 2.66. The molecular formula is C22H19ClN4O2S. The highest BCUT2D eigenvalue weighted by atomic mass is 35.5. The summed E-state index contributed by atoms with van der Waals surface area (Å²) >= 11 is 7.31. The fraction of sp³-hybridized carbons (Fsp3) is 0.136. The molecule has 0 unspecified atom stereocenters. The number of benzene rings is 2. The van der Waals surface area contributed by atoms with Crippen LogP contribution in [0.1, 0.15) is 11.3 Å². The van der Waals surface area contributed by atoms with Crippen LogP contribution in [0, 0.1) is 6.92 Å². The van der Waals surface area contributed by atoms with Gasteiger partial charge in [0.25, 0.3) is 0 Å². The van der Waals surface area contributed by atoms with E-state index in [0.29, 0.717) is 28.2 Å². The summed E-state index contributed by atoms with van der Waals surface area (Å²) in [6.07, 6.45) is 1.64. The van der Waals surface area contributed by atoms with E-state index in [4.69, 9.17) is 16.0 Å². The molecule has 1 N–H and O–H groups in total. The van der Waals surface area contributed by atoms with Crippen LogP contribution in [0.15, 0.2) is 76.5 Å². The molecule has 0 aliphatic rings. The molecule has 0 fully saturated rings. The summed E-state index contributed by atoms with van der Waals surface area (Å²) < 4.78 is 7.45. The third-order valence-electron chi connectivity index (χ3n) is 4.44. The minimum atomic E-state index is -0.141. The summed E-state index contributed by atoms with van der Waals surface area (Å²) in [5, 5.41) is 12.8. The molecular weight excluding hydrogens is 420 g/mol. The Hall–Kier alpha value is -3.03. The minimum Gasteiger partial charge on any atom is -0.469 e. The maximum atomic E-state index is 12.4. The Balaban J connectivity index is 1.54. The number of hydrogen-bond donors (Lipinski definition) is 1. The number of furan rings is 1. The van der Waals surface area contributed by atoms with Gasteiger partial charge in [0.1, 0.15) is 5.76 Å². The molecule has 0 saturated carbocycles. The zero-order valence-electron chi connectivity index (χ0n) is 16.2. The van der Waals surface area contributed by atoms with E-state index in [9.17, 15) is 4.79 Å². The maximum absolute atomic E-state index is 12.4. The van der Waals surface area contributed by atoms with Crippen LogP contribution in [-0.2, 0) is 11.3 Å². The first kappa shape index (κ1) is 20.3. The maximum Gasteiger partial charge on any atom is 0.234 e. The Morgan fingerprint density at radius 2 is 1.97 bits per heavy atom. The first-order chi connectivity index (χ1) is 14.6. The van der Waals surface area contributed by atoms with E-state index < -0.39 is 0 Å². The van der Waals surface area contributed by atoms with Crippen LogP contribution in [0.3, 0.4) is 0 Å². The molecule has 1 amide bonds. The van der Waals surface area contributed by atoms with Crippen LogP contribution >= 0.6 is 23.4 Å². The van der Waals surface area contributed by atoms with Gasteiger partial charge in [0.2, 0.25) is 5.91 Å². The normalized spacial score (nSPS) is 10.9. The number of rotatable bonds is 7. The van der Waals surface area contributed by atoms with Gasteiger partial charge in [0.15, 0.2) is 11.0 Å². The van der Waals surface area contributed by atoms with E-state index >= 15 is 0 Å². The summed E-state index contributed by atoms with van der Waals surface area (Å²) in [4.78, 5) is 12.4. The Morgan fingerprint density at radius 1 is 1.13 bits per heavy atom. The molecule has 2 heterocycles. The van der Waals surface area contributed by atoms with Crippen molar-refractivity contribution in [1.29, 1.82) is 0 Å². The SMILES string of the molecule is Cc1occc1-c1nnc(SCC(=O)Nc2cccc(Cl)c2)n1Cc1ccccc1. The zero-order chi connectivity index (χ0) is 20.9. The van der Waals surface area contributed by atoms with Crippen LogP contribution in [0.2, 0.25) is 5.02 Å². The van der Waals surface area contributed by atoms with Gasteiger partial charge in [0, 0.05) is 10.7 Å². The van der Waals surface area contributed by atoms with E-state index in [-0.39, 0.29) is 11.7 Å². The third kappa shape index (κ3) is 4.75. The van der Waals surface area contributed by atoms with Gasteiger partial charge in [-0.3, -0.25) is 9.36 Å². The van der Waals surface area contributed by atoms with Crippen molar-refractivity contribution in [3.8, 4) is 11.4 Å². The molecule has 2 aromatic heterocycles. The van der Waals surface area contributed by atoms with Crippen molar-refractivity contribution in [2.24, 2.45) is 0 Å². The Bertz CT molecular complexity index is 1160. The third-order valence-corrected chi connectivity index (χ3v) is 5.64. The lowest BCUT2D eigenvalue weighted by molar-refractivity contribution is -0.113. The number of aromatic nitrogens is 3. The van der Waals surface area contributed by atoms with E-state index in [1.54, 1.807) is 30.5 Å². The predicted molar refractivity (Wildman–Crippen MR) is 119 cm³/mol. The van der Waals surface area contributed by atoms with Gasteiger partial charge >= 0.3 is 0 Å². The predicted octanol–water partition coefficient (Wildman–Crippen LogP) is 5.28. The lowest BCUT2D eigenvalue weighted by Crippen LogP contribution is -2.14. The monoisotopic (exact) mass is 438 g/mol. The van der Waals surface area contributed by atoms with Crippen LogP contribution in [0.25, 0.3) is 11.4 Å². The van der Waals surface area contributed by atoms with Crippen molar-refractivity contribution in [2.45, 2.75) is 18.6 Å². The number of nitrogens with zero attached hydrogens (tertiary/aromatic N) is 3. The fourth-order valence-corrected chi connectivity index (χ4v) is 3.94. The lowest BCUT2D eigenvalue weighted by atomic mass is 10.2. The Labute approximate surface area is 183 Å². The second kappa shape index (κ2) is 9.19. The van der Waals surface area contributed by atoms with E-state index in [2.05, 4.69) is 15.5 Å². The van der Waals surface area contributed by atoms with Gasteiger partial charge in [-0.2, -0.15) is 0 Å². The highest BCUT2D eigenvalue weighted by Gasteiger charge is 2.18. The largest absolute Gasteiger partial charge is 0.469 e. The van der Waals surface area contributed by atoms with Gasteiger partial charge in [-0.25, -0.2) is 0 Å². The van der Waals surface area contributed by atoms with Crippen LogP contribution in [-0.4, -0.2) is 26.4 Å². The molecule has 8 heteroatoms. The molecule has 0 bridgehead atoms. The minimum absolute atomic E-state index is 0.141. The van der Waals surface area contributed by atoms with E-state index in [1.807, 2.05) is 47.9 Å². The van der Waals surface area contributed by atoms with Gasteiger partial charge in [-0.05, 0) is 36.8 Å². The van der Waals surface area contributed by atoms with Crippen LogP contribution in [0.4, 0.5) is 5.69 Å². The zero-order valence-corrected chi connectivity index (χ0v) is 17.8. The van der Waals surface area contributed by atoms with Crippen LogP contribution < -0.4 is 5.32 Å². The average molecular weight is 439 g/mol. The van der Waals surface area contributed by atoms with Gasteiger partial charge < -0.3 is 9.73 Å². The van der Waals surface area contributed by atoms with Crippen molar-refractivity contribution in [3.05, 3.63) is 83.3 Å². The van der Waals surface area contributed by atoms with Crippen molar-refractivity contribution in [3.63, 3.8) is 0 Å². The molecule has 0 aliphatic heterocycles. The standard InChI is InChI=1S/C22H19ClN4O2S/c1-15-19(10-11-29-15)21-25-26-22(27(21)13-16-6-3-2-4-7-16)30-14-20(28)24-18-9-5-8-17(23)12-18/h2-12H,13-14H2,1H3,(H,24,28). The quantitative estimate of drug-likeness (QED) is 0.397. The second-order valence-corrected chi connectivity index (χ2v) is 7.99. The van der Waals surface area contributed by atoms with Crippen molar-refractivity contribution in [1.82, 2.24) is 14.8 Å². The number of thioether (sulfide) groups is 1. The number of nitrogens with one attached hydrogen (secondary N) is 1. The number of hydrogen-bond acceptors (Lipinski definition) is 5. The summed E-state index contributed by atoms with van der Waals surface area (Å²) in [6.45, 7) is 2.48. The molecule has 30 heavy (non-hydrogen) atoms. The second-order valence-electron chi connectivity index (χ2n) is 6.62. The van der Waals surface area contributed by atoms with Crippen molar-refractivity contribution in [2.75, 3.05) is 11.1 Å². The molecule has 2 aromatic carbocycles. The first-order valence-electron chi connectivity index (χ1n) is 9.30. The molecule has 4 rings (SSSR count). The summed E-state index contributed by atoms with van der Waals surface area (Å²) in [7, 11) is 0. The highest BCUT2D eigenvalue weighted by molar-refractivity contribution is 7.99. The Kier molecular flexibility index (Phi) is 6.21. The molecule has 0 aliphatic carbocycles. The fourth-order valence-electron chi connectivity index (χ4n) is 3.01. The lowest BCUT2D eigenvalue weighted by Gasteiger charge is -2.10. The topological polar surface area (TPSA) is 72.9 Å². The molecule has 0 spiro atoms. The molecule has 0 saturated heterocycles. The number of amides is 1. The van der Waals surface area contributed by atoms with Crippen LogP contribution in [0.5, 0.6) is 0 Å². The summed E-state index contributed by atoms with van der Waals surface area (Å²) in [6, 6.07) is 19.0.